The van der Waals surface area contributed by atoms with E-state index in [-0.39, 0.29) is 5.97 Å². The maximum Gasteiger partial charge on any atom is 0.305 e. The quantitative estimate of drug-likeness (QED) is 0.0384. The minimum atomic E-state index is -0.00928. The van der Waals surface area contributed by atoms with Crippen molar-refractivity contribution in [1.82, 2.24) is 0 Å². The summed E-state index contributed by atoms with van der Waals surface area (Å²) in [5.41, 5.74) is 0. The first kappa shape index (κ1) is 36.4. The largest absolute Gasteiger partial charge is 0.468 e. The van der Waals surface area contributed by atoms with E-state index in [2.05, 4.69) is 31.2 Å². The Kier molecular flexibility index (Phi) is 32.1. The minimum Gasteiger partial charge on any atom is -0.468 e. The lowest BCUT2D eigenvalue weighted by molar-refractivity contribution is -0.143. The van der Waals surface area contributed by atoms with Crippen molar-refractivity contribution < 1.29 is 19.1 Å². The summed E-state index contributed by atoms with van der Waals surface area (Å²) in [6, 6.07) is 0. The average Bonchev–Trinajstić information content (AvgIpc) is 2.92. The predicted molar refractivity (Wildman–Crippen MR) is 162 cm³/mol. The summed E-state index contributed by atoms with van der Waals surface area (Å²) in [5.74, 6) is -0.00928. The van der Waals surface area contributed by atoms with Gasteiger partial charge < -0.3 is 9.47 Å². The Bertz CT molecular complexity index is 541. The van der Waals surface area contributed by atoms with Crippen LogP contribution in [0.5, 0.6) is 0 Å². The first-order valence-electron chi connectivity index (χ1n) is 16.3. The van der Waals surface area contributed by atoms with Crippen molar-refractivity contribution in [3.63, 3.8) is 0 Å². The van der Waals surface area contributed by atoms with E-state index in [0.717, 1.165) is 32.1 Å². The molecule has 4 heteroatoms. The van der Waals surface area contributed by atoms with Crippen LogP contribution >= 0.6 is 0 Å². The molecule has 0 fully saturated rings. The van der Waals surface area contributed by atoms with Gasteiger partial charge in [-0.3, -0.25) is 9.59 Å². The summed E-state index contributed by atoms with van der Waals surface area (Å²) < 4.78 is 10.1. The molecule has 0 radical (unpaired) electrons. The molecule has 0 amide bonds. The molecule has 0 saturated heterocycles. The van der Waals surface area contributed by atoms with Crippen molar-refractivity contribution in [1.29, 1.82) is 0 Å². The molecule has 0 unspecified atom stereocenters. The molecule has 0 aromatic rings. The van der Waals surface area contributed by atoms with Crippen LogP contribution in [-0.2, 0) is 19.1 Å². The molecule has 0 aliphatic heterocycles. The molecule has 0 spiro atoms. The molecule has 0 N–H and O–H groups in total. The number of allylic oxidation sites excluding steroid dienone is 4. The Balaban J connectivity index is 3.22. The van der Waals surface area contributed by atoms with Crippen LogP contribution < -0.4 is 0 Å². The maximum absolute atomic E-state index is 11.9. The highest BCUT2D eigenvalue weighted by Gasteiger charge is 2.02. The Morgan fingerprint density at radius 2 is 0.974 bits per heavy atom. The van der Waals surface area contributed by atoms with Gasteiger partial charge in [0.15, 0.2) is 0 Å². The Morgan fingerprint density at radius 1 is 0.526 bits per heavy atom. The zero-order valence-corrected chi connectivity index (χ0v) is 25.1. The van der Waals surface area contributed by atoms with E-state index in [1.807, 2.05) is 0 Å². The van der Waals surface area contributed by atoms with Gasteiger partial charge in [-0.2, -0.15) is 0 Å². The van der Waals surface area contributed by atoms with Crippen LogP contribution in [-0.4, -0.2) is 25.7 Å². The highest BCUT2D eigenvalue weighted by Crippen LogP contribution is 2.13. The zero-order valence-electron chi connectivity index (χ0n) is 25.1. The third-order valence-corrected chi connectivity index (χ3v) is 7.07. The highest BCUT2D eigenvalue weighted by molar-refractivity contribution is 5.69. The number of hydrogen-bond acceptors (Lipinski definition) is 4. The summed E-state index contributed by atoms with van der Waals surface area (Å²) in [6.07, 6.45) is 39.2. The predicted octanol–water partition coefficient (Wildman–Crippen LogP) is 10.6. The molecule has 0 heterocycles. The molecule has 0 aromatic heterocycles. The molecule has 0 rings (SSSR count). The summed E-state index contributed by atoms with van der Waals surface area (Å²) in [6.45, 7) is 3.95. The number of unbranched alkanes of at least 4 members (excludes halogenated alkanes) is 20. The van der Waals surface area contributed by atoms with Gasteiger partial charge in [-0.15, -0.1) is 0 Å². The van der Waals surface area contributed by atoms with Gasteiger partial charge in [-0.1, -0.05) is 134 Å². The summed E-state index contributed by atoms with van der Waals surface area (Å²) >= 11 is 0. The van der Waals surface area contributed by atoms with E-state index in [9.17, 15) is 9.59 Å². The number of ether oxygens (including phenoxy) is 2. The molecule has 38 heavy (non-hydrogen) atoms. The second kappa shape index (κ2) is 33.4. The van der Waals surface area contributed by atoms with Crippen molar-refractivity contribution in [2.75, 3.05) is 13.2 Å². The van der Waals surface area contributed by atoms with E-state index < -0.39 is 0 Å². The second-order valence-corrected chi connectivity index (χ2v) is 10.8. The fourth-order valence-corrected chi connectivity index (χ4v) is 4.62. The number of carbonyl (C=O) groups excluding carboxylic acids is 2. The fraction of sp³-hybridized carbons (Fsp3) is 0.824. The topological polar surface area (TPSA) is 52.6 Å². The Morgan fingerprint density at radius 3 is 1.50 bits per heavy atom. The molecule has 0 saturated carbocycles. The SMILES string of the molecule is CCCCCC=CCC=CCCCCCCCC(=O)OCCCCCCCCCCCCCCCOC=O. The van der Waals surface area contributed by atoms with Crippen LogP contribution in [0.25, 0.3) is 0 Å². The first-order chi connectivity index (χ1) is 18.8. The van der Waals surface area contributed by atoms with Crippen LogP contribution in [0.3, 0.4) is 0 Å². The Hall–Kier alpha value is -1.58. The van der Waals surface area contributed by atoms with E-state index in [1.165, 1.54) is 122 Å². The lowest BCUT2D eigenvalue weighted by Gasteiger charge is -2.05. The second-order valence-electron chi connectivity index (χ2n) is 10.8. The molecular formula is C34H62O4. The van der Waals surface area contributed by atoms with Crippen LogP contribution in [0, 0.1) is 0 Å². The van der Waals surface area contributed by atoms with Crippen LogP contribution in [0.2, 0.25) is 0 Å². The number of esters is 1. The van der Waals surface area contributed by atoms with E-state index in [1.54, 1.807) is 0 Å². The van der Waals surface area contributed by atoms with Gasteiger partial charge in [0.25, 0.3) is 6.47 Å². The lowest BCUT2D eigenvalue weighted by Crippen LogP contribution is -2.05. The molecule has 0 atom stereocenters. The molecular weight excluding hydrogens is 472 g/mol. The third kappa shape index (κ3) is 32.4. The van der Waals surface area contributed by atoms with E-state index in [0.29, 0.717) is 26.1 Å². The monoisotopic (exact) mass is 534 g/mol. The van der Waals surface area contributed by atoms with Crippen LogP contribution in [0.1, 0.15) is 167 Å². The first-order valence-corrected chi connectivity index (χ1v) is 16.3. The highest BCUT2D eigenvalue weighted by atomic mass is 16.5. The van der Waals surface area contributed by atoms with Gasteiger partial charge in [-0.25, -0.2) is 0 Å². The van der Waals surface area contributed by atoms with Crippen LogP contribution in [0.15, 0.2) is 24.3 Å². The standard InChI is InChI=1S/C34H62O4/c1-2-3-4-5-6-7-8-9-10-12-15-18-21-24-27-30-34(36)38-32-29-26-23-20-17-14-11-13-16-19-22-25-28-31-37-33-35/h6-7,9-10,33H,2-5,8,11-32H2,1H3. The smallest absolute Gasteiger partial charge is 0.305 e. The minimum absolute atomic E-state index is 0.00928. The molecule has 0 aromatic carbocycles. The van der Waals surface area contributed by atoms with Crippen molar-refractivity contribution in [2.45, 2.75) is 167 Å². The third-order valence-electron chi connectivity index (χ3n) is 7.07. The van der Waals surface area contributed by atoms with Crippen LogP contribution in [0.4, 0.5) is 0 Å². The number of carbonyl (C=O) groups is 2. The van der Waals surface area contributed by atoms with Gasteiger partial charge in [0, 0.05) is 6.42 Å². The van der Waals surface area contributed by atoms with Crippen molar-refractivity contribution in [3.8, 4) is 0 Å². The Labute approximate surface area is 236 Å². The maximum atomic E-state index is 11.9. The van der Waals surface area contributed by atoms with Crippen molar-refractivity contribution >= 4 is 12.4 Å². The molecule has 0 aliphatic rings. The molecule has 0 aliphatic carbocycles. The van der Waals surface area contributed by atoms with Gasteiger partial charge in [-0.05, 0) is 51.4 Å². The number of rotatable bonds is 31. The van der Waals surface area contributed by atoms with Gasteiger partial charge >= 0.3 is 5.97 Å². The lowest BCUT2D eigenvalue weighted by atomic mass is 10.0. The van der Waals surface area contributed by atoms with Crippen molar-refractivity contribution in [3.05, 3.63) is 24.3 Å². The fourth-order valence-electron chi connectivity index (χ4n) is 4.62. The molecule has 0 bridgehead atoms. The van der Waals surface area contributed by atoms with E-state index >= 15 is 0 Å². The van der Waals surface area contributed by atoms with E-state index in [4.69, 9.17) is 9.47 Å². The average molecular weight is 535 g/mol. The van der Waals surface area contributed by atoms with Gasteiger partial charge in [0.2, 0.25) is 0 Å². The molecule has 222 valence electrons. The summed E-state index contributed by atoms with van der Waals surface area (Å²) in [5, 5.41) is 0. The van der Waals surface area contributed by atoms with Crippen molar-refractivity contribution in [2.24, 2.45) is 0 Å². The van der Waals surface area contributed by atoms with Gasteiger partial charge in [0.05, 0.1) is 13.2 Å². The number of hydrogen-bond donors (Lipinski definition) is 0. The summed E-state index contributed by atoms with van der Waals surface area (Å²) in [7, 11) is 0. The summed E-state index contributed by atoms with van der Waals surface area (Å²) in [4.78, 5) is 21.9. The van der Waals surface area contributed by atoms with Gasteiger partial charge in [0.1, 0.15) is 0 Å². The zero-order chi connectivity index (χ0) is 27.6. The normalized spacial score (nSPS) is 11.5. The molecule has 4 nitrogen and oxygen atoms in total.